The fourth-order valence-electron chi connectivity index (χ4n) is 1.60. The Bertz CT molecular complexity index is 536. The molecule has 0 unspecified atom stereocenters. The maximum atomic E-state index is 5.81. The number of alkyl halides is 1. The first-order chi connectivity index (χ1) is 9.13. The number of nitrogens with zero attached hydrogens (tertiary/aromatic N) is 1. The number of aromatic nitrogens is 1. The van der Waals surface area contributed by atoms with E-state index in [4.69, 9.17) is 9.47 Å². The number of methoxy groups -OCH3 is 1. The molecule has 1 aromatic carbocycles. The van der Waals surface area contributed by atoms with Crippen LogP contribution in [0.15, 0.2) is 34.9 Å². The Balaban J connectivity index is 2.26. The molecule has 0 bridgehead atoms. The lowest BCUT2D eigenvalue weighted by Gasteiger charge is -2.10. The third-order valence-corrected chi connectivity index (χ3v) is 3.85. The highest BCUT2D eigenvalue weighted by atomic mass is 79.9. The number of rotatable bonds is 4. The maximum Gasteiger partial charge on any atom is 0.222 e. The van der Waals surface area contributed by atoms with E-state index in [-0.39, 0.29) is 0 Å². The van der Waals surface area contributed by atoms with Crippen molar-refractivity contribution in [3.63, 3.8) is 0 Å². The molecule has 2 rings (SSSR count). The number of ether oxygens (including phenoxy) is 2. The largest absolute Gasteiger partial charge is 0.497 e. The molecule has 0 N–H and O–H groups in total. The monoisotopic (exact) mass is 385 g/mol. The van der Waals surface area contributed by atoms with E-state index < -0.39 is 0 Å². The van der Waals surface area contributed by atoms with E-state index in [0.29, 0.717) is 11.6 Å². The molecule has 0 fully saturated rings. The van der Waals surface area contributed by atoms with Gasteiger partial charge in [-0.05, 0) is 52.7 Å². The van der Waals surface area contributed by atoms with Gasteiger partial charge in [0.25, 0.3) is 0 Å². The van der Waals surface area contributed by atoms with Crippen molar-refractivity contribution in [2.24, 2.45) is 0 Å². The molecule has 0 aliphatic rings. The van der Waals surface area contributed by atoms with Crippen LogP contribution in [0.25, 0.3) is 0 Å². The molecule has 0 aliphatic heterocycles. The number of pyridine rings is 1. The number of hydrogen-bond acceptors (Lipinski definition) is 3. The fraction of sp³-hybridized carbons (Fsp3) is 0.214. The van der Waals surface area contributed by atoms with Crippen LogP contribution in [0.5, 0.6) is 17.4 Å². The third-order valence-electron chi connectivity index (χ3n) is 2.59. The van der Waals surface area contributed by atoms with Crippen LogP contribution in [0.1, 0.15) is 11.1 Å². The molecule has 0 radical (unpaired) electrons. The van der Waals surface area contributed by atoms with Gasteiger partial charge in [-0.2, -0.15) is 0 Å². The molecule has 0 amide bonds. The minimum absolute atomic E-state index is 0.607. The molecular formula is C14H13Br2NO2. The van der Waals surface area contributed by atoms with Gasteiger partial charge in [0.15, 0.2) is 0 Å². The van der Waals surface area contributed by atoms with Gasteiger partial charge in [-0.1, -0.05) is 15.9 Å². The standard InChI is InChI=1S/C14H13Br2NO2/c1-9-5-10(7-15)8-17-14(9)19-13-4-3-11(18-2)6-12(13)16/h3-6,8H,7H2,1-2H3. The first kappa shape index (κ1) is 14.3. The average Bonchev–Trinajstić information content (AvgIpc) is 2.42. The third kappa shape index (κ3) is 3.48. The van der Waals surface area contributed by atoms with Crippen molar-refractivity contribution < 1.29 is 9.47 Å². The zero-order chi connectivity index (χ0) is 13.8. The van der Waals surface area contributed by atoms with Gasteiger partial charge >= 0.3 is 0 Å². The highest BCUT2D eigenvalue weighted by molar-refractivity contribution is 9.10. The Morgan fingerprint density at radius 3 is 2.63 bits per heavy atom. The van der Waals surface area contributed by atoms with E-state index in [9.17, 15) is 0 Å². The van der Waals surface area contributed by atoms with Crippen molar-refractivity contribution in [3.05, 3.63) is 46.1 Å². The van der Waals surface area contributed by atoms with Crippen LogP contribution in [0.3, 0.4) is 0 Å². The summed E-state index contributed by atoms with van der Waals surface area (Å²) in [5, 5.41) is 0.785. The molecule has 2 aromatic rings. The fourth-order valence-corrected chi connectivity index (χ4v) is 2.34. The molecule has 0 spiro atoms. The Morgan fingerprint density at radius 1 is 1.26 bits per heavy atom. The van der Waals surface area contributed by atoms with Crippen molar-refractivity contribution in [1.82, 2.24) is 4.98 Å². The van der Waals surface area contributed by atoms with E-state index in [2.05, 4.69) is 42.9 Å². The minimum atomic E-state index is 0.607. The molecule has 1 heterocycles. The minimum Gasteiger partial charge on any atom is -0.497 e. The predicted molar refractivity (Wildman–Crippen MR) is 82.4 cm³/mol. The normalized spacial score (nSPS) is 10.3. The summed E-state index contributed by atoms with van der Waals surface area (Å²) < 4.78 is 11.8. The Kier molecular flexibility index (Phi) is 4.82. The molecular weight excluding hydrogens is 374 g/mol. The maximum absolute atomic E-state index is 5.81. The molecule has 0 aliphatic carbocycles. The highest BCUT2D eigenvalue weighted by Gasteiger charge is 2.08. The van der Waals surface area contributed by atoms with Crippen LogP contribution < -0.4 is 9.47 Å². The van der Waals surface area contributed by atoms with Gasteiger partial charge in [-0.25, -0.2) is 4.98 Å². The smallest absolute Gasteiger partial charge is 0.222 e. The van der Waals surface area contributed by atoms with Crippen LogP contribution in [-0.4, -0.2) is 12.1 Å². The summed E-state index contributed by atoms with van der Waals surface area (Å²) in [7, 11) is 1.63. The molecule has 100 valence electrons. The summed E-state index contributed by atoms with van der Waals surface area (Å²) in [4.78, 5) is 4.32. The molecule has 19 heavy (non-hydrogen) atoms. The Hall–Kier alpha value is -1.07. The topological polar surface area (TPSA) is 31.4 Å². The first-order valence-corrected chi connectivity index (χ1v) is 7.58. The lowest BCUT2D eigenvalue weighted by atomic mass is 10.2. The van der Waals surface area contributed by atoms with Gasteiger partial charge in [0.2, 0.25) is 5.88 Å². The number of hydrogen-bond donors (Lipinski definition) is 0. The second-order valence-corrected chi connectivity index (χ2v) is 5.41. The predicted octanol–water partition coefficient (Wildman–Crippen LogP) is 4.85. The quantitative estimate of drug-likeness (QED) is 0.704. The molecule has 5 heteroatoms. The van der Waals surface area contributed by atoms with Gasteiger partial charge < -0.3 is 9.47 Å². The van der Waals surface area contributed by atoms with Crippen LogP contribution in [0.4, 0.5) is 0 Å². The first-order valence-electron chi connectivity index (χ1n) is 5.67. The summed E-state index contributed by atoms with van der Waals surface area (Å²) in [5.74, 6) is 2.09. The van der Waals surface area contributed by atoms with Crippen LogP contribution in [0.2, 0.25) is 0 Å². The van der Waals surface area contributed by atoms with E-state index >= 15 is 0 Å². The van der Waals surface area contributed by atoms with Crippen molar-refractivity contribution in [2.45, 2.75) is 12.3 Å². The Labute approximate surface area is 129 Å². The summed E-state index contributed by atoms with van der Waals surface area (Å²) in [6.07, 6.45) is 1.80. The van der Waals surface area contributed by atoms with Gasteiger partial charge in [0, 0.05) is 17.1 Å². The zero-order valence-electron chi connectivity index (χ0n) is 10.6. The summed E-state index contributed by atoms with van der Waals surface area (Å²) >= 11 is 6.87. The number of benzene rings is 1. The van der Waals surface area contributed by atoms with Gasteiger partial charge in [0.1, 0.15) is 11.5 Å². The lowest BCUT2D eigenvalue weighted by Crippen LogP contribution is -1.94. The number of halogens is 2. The number of aryl methyl sites for hydroxylation is 1. The lowest BCUT2D eigenvalue weighted by molar-refractivity contribution is 0.411. The summed E-state index contributed by atoms with van der Waals surface area (Å²) in [6.45, 7) is 1.98. The molecule has 1 aromatic heterocycles. The van der Waals surface area contributed by atoms with Crippen LogP contribution in [-0.2, 0) is 5.33 Å². The molecule has 0 saturated carbocycles. The average molecular weight is 387 g/mol. The van der Waals surface area contributed by atoms with Gasteiger partial charge in [-0.3, -0.25) is 0 Å². The summed E-state index contributed by atoms with van der Waals surface area (Å²) in [6, 6.07) is 7.61. The van der Waals surface area contributed by atoms with Gasteiger partial charge in [0.05, 0.1) is 11.6 Å². The van der Waals surface area contributed by atoms with Crippen molar-refractivity contribution >= 4 is 31.9 Å². The van der Waals surface area contributed by atoms with Gasteiger partial charge in [-0.15, -0.1) is 0 Å². The highest BCUT2D eigenvalue weighted by Crippen LogP contribution is 2.33. The zero-order valence-corrected chi connectivity index (χ0v) is 13.8. The molecule has 3 nitrogen and oxygen atoms in total. The van der Waals surface area contributed by atoms with E-state index in [1.807, 2.05) is 25.1 Å². The van der Waals surface area contributed by atoms with E-state index in [1.54, 1.807) is 13.3 Å². The Morgan fingerprint density at radius 2 is 2.05 bits per heavy atom. The SMILES string of the molecule is COc1ccc(Oc2ncc(CBr)cc2C)c(Br)c1. The van der Waals surface area contributed by atoms with E-state index in [1.165, 1.54) is 0 Å². The molecule has 0 atom stereocenters. The van der Waals surface area contributed by atoms with E-state index in [0.717, 1.165) is 26.7 Å². The van der Waals surface area contributed by atoms with Crippen molar-refractivity contribution in [1.29, 1.82) is 0 Å². The van der Waals surface area contributed by atoms with Crippen LogP contribution in [0, 0.1) is 6.92 Å². The second kappa shape index (κ2) is 6.39. The van der Waals surface area contributed by atoms with Crippen molar-refractivity contribution in [2.75, 3.05) is 7.11 Å². The molecule has 0 saturated heterocycles. The second-order valence-electron chi connectivity index (χ2n) is 4.00. The summed E-state index contributed by atoms with van der Waals surface area (Å²) in [5.41, 5.74) is 2.12. The van der Waals surface area contributed by atoms with Crippen LogP contribution >= 0.6 is 31.9 Å². The van der Waals surface area contributed by atoms with Crippen molar-refractivity contribution in [3.8, 4) is 17.4 Å².